The Kier molecular flexibility index (Phi) is 6.62. The van der Waals surface area contributed by atoms with Crippen LogP contribution in [0.2, 0.25) is 0 Å². The Morgan fingerprint density at radius 2 is 2.05 bits per heavy atom. The third-order valence-corrected chi connectivity index (χ3v) is 3.13. The number of nitrogens with one attached hydrogen (secondary N) is 1. The molecule has 1 unspecified atom stereocenters. The van der Waals surface area contributed by atoms with Gasteiger partial charge in [-0.25, -0.2) is 4.39 Å². The number of ether oxygens (including phenoxy) is 1. The fourth-order valence-corrected chi connectivity index (χ4v) is 1.58. The Labute approximate surface area is 125 Å². The first-order chi connectivity index (χ1) is 9.80. The van der Waals surface area contributed by atoms with Crippen LogP contribution in [0.15, 0.2) is 24.3 Å². The van der Waals surface area contributed by atoms with Crippen molar-refractivity contribution >= 4 is 5.91 Å². The third-order valence-electron chi connectivity index (χ3n) is 3.13. The van der Waals surface area contributed by atoms with Gasteiger partial charge in [0.25, 0.3) is 0 Å². The maximum Gasteiger partial charge on any atom is 0.220 e. The van der Waals surface area contributed by atoms with E-state index in [4.69, 9.17) is 4.74 Å². The lowest BCUT2D eigenvalue weighted by molar-refractivity contribution is -0.122. The minimum atomic E-state index is -0.587. The van der Waals surface area contributed by atoms with Gasteiger partial charge >= 0.3 is 0 Å². The number of rotatable bonds is 7. The van der Waals surface area contributed by atoms with Crippen LogP contribution in [0.25, 0.3) is 0 Å². The predicted molar refractivity (Wildman–Crippen MR) is 79.6 cm³/mol. The van der Waals surface area contributed by atoms with Crippen molar-refractivity contribution in [1.82, 2.24) is 5.32 Å². The van der Waals surface area contributed by atoms with E-state index in [0.717, 1.165) is 0 Å². The van der Waals surface area contributed by atoms with E-state index in [1.807, 2.05) is 20.8 Å². The van der Waals surface area contributed by atoms with Gasteiger partial charge in [0.05, 0.1) is 12.7 Å². The highest BCUT2D eigenvalue weighted by Crippen LogP contribution is 2.18. The van der Waals surface area contributed by atoms with Gasteiger partial charge in [-0.05, 0) is 24.0 Å². The standard InChI is InChI=1S/C16H24FNO3/c1-16(2,3)14(19)11-18-15(20)9-6-10-21-13-8-5-4-7-12(13)17/h4-5,7-8,14,19H,6,9-11H2,1-3H3,(H,18,20). The molecule has 0 aromatic heterocycles. The van der Waals surface area contributed by atoms with E-state index in [1.165, 1.54) is 6.07 Å². The summed E-state index contributed by atoms with van der Waals surface area (Å²) in [6, 6.07) is 6.17. The Morgan fingerprint density at radius 3 is 2.67 bits per heavy atom. The fraction of sp³-hybridized carbons (Fsp3) is 0.562. The highest BCUT2D eigenvalue weighted by molar-refractivity contribution is 5.75. The lowest BCUT2D eigenvalue weighted by Crippen LogP contribution is -2.39. The van der Waals surface area contributed by atoms with Gasteiger partial charge < -0.3 is 15.2 Å². The van der Waals surface area contributed by atoms with E-state index < -0.39 is 11.9 Å². The maximum atomic E-state index is 13.3. The summed E-state index contributed by atoms with van der Waals surface area (Å²) < 4.78 is 18.5. The Hall–Kier alpha value is -1.62. The van der Waals surface area contributed by atoms with Crippen molar-refractivity contribution < 1.29 is 19.0 Å². The quantitative estimate of drug-likeness (QED) is 0.760. The highest BCUT2D eigenvalue weighted by atomic mass is 19.1. The molecular formula is C16H24FNO3. The Morgan fingerprint density at radius 1 is 1.38 bits per heavy atom. The zero-order valence-electron chi connectivity index (χ0n) is 12.9. The molecule has 0 bridgehead atoms. The van der Waals surface area contributed by atoms with Crippen molar-refractivity contribution in [2.24, 2.45) is 5.41 Å². The second kappa shape index (κ2) is 7.98. The largest absolute Gasteiger partial charge is 0.491 e. The minimum Gasteiger partial charge on any atom is -0.491 e. The topological polar surface area (TPSA) is 58.6 Å². The maximum absolute atomic E-state index is 13.3. The zero-order valence-corrected chi connectivity index (χ0v) is 12.9. The lowest BCUT2D eigenvalue weighted by atomic mass is 9.89. The number of aliphatic hydroxyl groups is 1. The third kappa shape index (κ3) is 6.58. The number of hydrogen-bond donors (Lipinski definition) is 2. The van der Waals surface area contributed by atoms with Crippen LogP contribution in [0, 0.1) is 11.2 Å². The van der Waals surface area contributed by atoms with Gasteiger partial charge in [-0.3, -0.25) is 4.79 Å². The first-order valence-electron chi connectivity index (χ1n) is 7.13. The molecule has 0 aliphatic rings. The SMILES string of the molecule is CC(C)(C)C(O)CNC(=O)CCCOc1ccccc1F. The van der Waals surface area contributed by atoms with Gasteiger partial charge in [-0.2, -0.15) is 0 Å². The average molecular weight is 297 g/mol. The van der Waals surface area contributed by atoms with Crippen LogP contribution >= 0.6 is 0 Å². The lowest BCUT2D eigenvalue weighted by Gasteiger charge is -2.25. The number of halogens is 1. The summed E-state index contributed by atoms with van der Waals surface area (Å²) in [7, 11) is 0. The van der Waals surface area contributed by atoms with Crippen molar-refractivity contribution in [3.63, 3.8) is 0 Å². The number of aliphatic hydroxyl groups excluding tert-OH is 1. The van der Waals surface area contributed by atoms with E-state index >= 15 is 0 Å². The Balaban J connectivity index is 2.18. The summed E-state index contributed by atoms with van der Waals surface area (Å²) in [5, 5.41) is 12.5. The molecule has 0 aliphatic heterocycles. The molecule has 1 aromatic carbocycles. The van der Waals surface area contributed by atoms with Crippen molar-refractivity contribution in [2.75, 3.05) is 13.2 Å². The van der Waals surface area contributed by atoms with Gasteiger partial charge in [-0.1, -0.05) is 32.9 Å². The summed E-state index contributed by atoms with van der Waals surface area (Å²) in [4.78, 5) is 11.6. The molecule has 1 rings (SSSR count). The summed E-state index contributed by atoms with van der Waals surface area (Å²) >= 11 is 0. The summed E-state index contributed by atoms with van der Waals surface area (Å²) in [6.07, 6.45) is 0.188. The van der Waals surface area contributed by atoms with Crippen molar-refractivity contribution in [2.45, 2.75) is 39.7 Å². The van der Waals surface area contributed by atoms with Crippen LogP contribution in [0.5, 0.6) is 5.75 Å². The zero-order chi connectivity index (χ0) is 15.9. The van der Waals surface area contributed by atoms with Crippen molar-refractivity contribution in [3.8, 4) is 5.75 Å². The van der Waals surface area contributed by atoms with Crippen molar-refractivity contribution in [1.29, 1.82) is 0 Å². The van der Waals surface area contributed by atoms with E-state index in [1.54, 1.807) is 18.2 Å². The fourth-order valence-electron chi connectivity index (χ4n) is 1.58. The molecule has 2 N–H and O–H groups in total. The monoisotopic (exact) mass is 297 g/mol. The molecule has 1 amide bonds. The number of carbonyl (C=O) groups excluding carboxylic acids is 1. The van der Waals surface area contributed by atoms with Crippen LogP contribution in [0.4, 0.5) is 4.39 Å². The molecule has 5 heteroatoms. The van der Waals surface area contributed by atoms with Gasteiger partial charge in [-0.15, -0.1) is 0 Å². The van der Waals surface area contributed by atoms with Crippen molar-refractivity contribution in [3.05, 3.63) is 30.1 Å². The van der Waals surface area contributed by atoms with Gasteiger partial charge in [0.2, 0.25) is 5.91 Å². The van der Waals surface area contributed by atoms with Gasteiger partial charge in [0, 0.05) is 13.0 Å². The van der Waals surface area contributed by atoms with E-state index in [2.05, 4.69) is 5.32 Å². The molecule has 0 radical (unpaired) electrons. The number of benzene rings is 1. The molecule has 0 heterocycles. The number of para-hydroxylation sites is 1. The second-order valence-corrected chi connectivity index (χ2v) is 6.07. The molecule has 4 nitrogen and oxygen atoms in total. The average Bonchev–Trinajstić information content (AvgIpc) is 2.41. The second-order valence-electron chi connectivity index (χ2n) is 6.07. The molecule has 0 spiro atoms. The number of hydrogen-bond acceptors (Lipinski definition) is 3. The Bertz CT molecular complexity index is 457. The van der Waals surface area contributed by atoms with E-state index in [0.29, 0.717) is 6.42 Å². The normalized spacial score (nSPS) is 12.8. The van der Waals surface area contributed by atoms with Crippen LogP contribution in [-0.4, -0.2) is 30.3 Å². The molecular weight excluding hydrogens is 273 g/mol. The molecule has 0 saturated carbocycles. The number of carbonyl (C=O) groups is 1. The molecule has 0 fully saturated rings. The molecule has 0 aliphatic carbocycles. The summed E-state index contributed by atoms with van der Waals surface area (Å²) in [5.74, 6) is -0.355. The molecule has 1 atom stereocenters. The predicted octanol–water partition coefficient (Wildman–Crippen LogP) is 2.51. The molecule has 1 aromatic rings. The number of amides is 1. The first-order valence-corrected chi connectivity index (χ1v) is 7.13. The van der Waals surface area contributed by atoms with Gasteiger partial charge in [0.1, 0.15) is 0 Å². The van der Waals surface area contributed by atoms with E-state index in [-0.39, 0.29) is 36.6 Å². The highest BCUT2D eigenvalue weighted by Gasteiger charge is 2.22. The smallest absolute Gasteiger partial charge is 0.220 e. The summed E-state index contributed by atoms with van der Waals surface area (Å²) in [6.45, 7) is 6.23. The molecule has 0 saturated heterocycles. The van der Waals surface area contributed by atoms with E-state index in [9.17, 15) is 14.3 Å². The summed E-state index contributed by atoms with van der Waals surface area (Å²) in [5.41, 5.74) is -0.263. The molecule has 21 heavy (non-hydrogen) atoms. The molecule has 118 valence electrons. The van der Waals surface area contributed by atoms with Crippen LogP contribution in [0.3, 0.4) is 0 Å². The first kappa shape index (κ1) is 17.4. The van der Waals surface area contributed by atoms with Crippen LogP contribution in [0.1, 0.15) is 33.6 Å². The minimum absolute atomic E-state index is 0.143. The van der Waals surface area contributed by atoms with Gasteiger partial charge in [0.15, 0.2) is 11.6 Å². The van der Waals surface area contributed by atoms with Crippen LogP contribution < -0.4 is 10.1 Å². The van der Waals surface area contributed by atoms with Crippen LogP contribution in [-0.2, 0) is 4.79 Å².